The normalized spacial score (nSPS) is 18.6. The van der Waals surface area contributed by atoms with E-state index in [-0.39, 0.29) is 24.0 Å². The van der Waals surface area contributed by atoms with Crippen LogP contribution in [0.1, 0.15) is 36.0 Å². The summed E-state index contributed by atoms with van der Waals surface area (Å²) in [5.41, 5.74) is 1.16. The second-order valence-corrected chi connectivity index (χ2v) is 11.6. The minimum Gasteiger partial charge on any atom is -0.497 e. The fraction of sp³-hybridized carbons (Fsp3) is 0.423. The number of aromatic nitrogens is 1. The molecule has 0 aliphatic carbocycles. The number of aliphatic carboxylic acids is 1. The Bertz CT molecular complexity index is 1170. The van der Waals surface area contributed by atoms with Gasteiger partial charge in [-0.15, -0.1) is 23.1 Å². The van der Waals surface area contributed by atoms with E-state index in [2.05, 4.69) is 27.4 Å². The zero-order valence-electron chi connectivity index (χ0n) is 19.6. The molecule has 0 amide bonds. The molecule has 1 N–H and O–H groups in total. The Balaban J connectivity index is 1.39. The minimum atomic E-state index is -0.781. The van der Waals surface area contributed by atoms with Crippen molar-refractivity contribution in [3.05, 3.63) is 52.5 Å². The summed E-state index contributed by atoms with van der Waals surface area (Å²) in [6.07, 6.45) is 3.52. The number of ketones is 1. The number of hydrogen-bond donors (Lipinski definition) is 1. The van der Waals surface area contributed by atoms with Crippen molar-refractivity contribution in [1.82, 2.24) is 9.88 Å². The summed E-state index contributed by atoms with van der Waals surface area (Å²) < 4.78 is 6.62. The molecule has 6 nitrogen and oxygen atoms in total. The van der Waals surface area contributed by atoms with Gasteiger partial charge >= 0.3 is 5.97 Å². The first-order chi connectivity index (χ1) is 16.9. The molecule has 1 aromatic carbocycles. The number of likely N-dealkylation sites (tertiary alicyclic amines) is 1. The average molecular weight is 533 g/mol. The largest absolute Gasteiger partial charge is 0.497 e. The Kier molecular flexibility index (Phi) is 9.05. The van der Waals surface area contributed by atoms with Crippen LogP contribution in [0, 0.1) is 11.8 Å². The lowest BCUT2D eigenvalue weighted by Crippen LogP contribution is -2.42. The van der Waals surface area contributed by atoms with Crippen molar-refractivity contribution >= 4 is 57.4 Å². The number of carbonyl (C=O) groups is 2. The molecule has 0 spiro atoms. The van der Waals surface area contributed by atoms with Crippen molar-refractivity contribution < 1.29 is 19.4 Å². The number of carboxylic acids is 1. The van der Waals surface area contributed by atoms with Crippen molar-refractivity contribution in [3.8, 4) is 5.75 Å². The first-order valence-corrected chi connectivity index (χ1v) is 13.9. The van der Waals surface area contributed by atoms with E-state index in [0.717, 1.165) is 31.8 Å². The highest BCUT2D eigenvalue weighted by molar-refractivity contribution is 8.01. The zero-order valence-corrected chi connectivity index (χ0v) is 22.0. The fourth-order valence-corrected chi connectivity index (χ4v) is 6.93. The van der Waals surface area contributed by atoms with Crippen molar-refractivity contribution in [2.24, 2.45) is 11.8 Å². The van der Waals surface area contributed by atoms with Gasteiger partial charge < -0.3 is 14.7 Å². The van der Waals surface area contributed by atoms with Crippen LogP contribution in [0.4, 0.5) is 0 Å². The third-order valence-corrected chi connectivity index (χ3v) is 9.01. The number of fused-ring (bicyclic) bond motifs is 1. The van der Waals surface area contributed by atoms with Crippen LogP contribution in [0.3, 0.4) is 0 Å². The Morgan fingerprint density at radius 3 is 2.91 bits per heavy atom. The number of benzene rings is 1. The molecule has 0 unspecified atom stereocenters. The lowest BCUT2D eigenvalue weighted by Gasteiger charge is -2.38. The van der Waals surface area contributed by atoms with Gasteiger partial charge in [0.2, 0.25) is 0 Å². The molecule has 186 valence electrons. The molecular formula is C26H29ClN2O4S2. The maximum Gasteiger partial charge on any atom is 0.303 e. The van der Waals surface area contributed by atoms with E-state index >= 15 is 0 Å². The predicted molar refractivity (Wildman–Crippen MR) is 142 cm³/mol. The maximum atomic E-state index is 13.3. The highest BCUT2D eigenvalue weighted by atomic mass is 35.5. The first-order valence-electron chi connectivity index (χ1n) is 11.7. The van der Waals surface area contributed by atoms with Gasteiger partial charge in [-0.3, -0.25) is 14.6 Å². The Labute approximate surface area is 218 Å². The van der Waals surface area contributed by atoms with Crippen LogP contribution in [0.2, 0.25) is 5.02 Å². The monoisotopic (exact) mass is 532 g/mol. The molecule has 1 aliphatic heterocycles. The van der Waals surface area contributed by atoms with E-state index < -0.39 is 5.97 Å². The van der Waals surface area contributed by atoms with Gasteiger partial charge in [0.25, 0.3) is 0 Å². The zero-order chi connectivity index (χ0) is 24.8. The fourth-order valence-electron chi connectivity index (χ4n) is 4.81. The van der Waals surface area contributed by atoms with Crippen LogP contribution in [0.15, 0.2) is 46.1 Å². The Morgan fingerprint density at radius 2 is 2.17 bits per heavy atom. The maximum absolute atomic E-state index is 13.3. The summed E-state index contributed by atoms with van der Waals surface area (Å²) in [7, 11) is 1.58. The number of Topliss-reactive ketones (excluding diaryl/α,β-unsaturated/α-hetero) is 1. The lowest BCUT2D eigenvalue weighted by atomic mass is 9.79. The standard InChI is InChI=1S/C26H29ClN2O4S2/c1-33-19-5-6-22-20(14-19)26(21(27)15-28-22)23(30)7-4-17-8-9-29(16-18(17)13-24(31)32)10-12-35-25-3-2-11-34-25/h2-3,5-6,11,14-15,17-18H,4,7-10,12-13,16H2,1H3,(H,31,32)/t17-,18+/m1/s1. The number of ether oxygens (including phenoxy) is 1. The van der Waals surface area contributed by atoms with Gasteiger partial charge in [-0.05, 0) is 60.9 Å². The molecule has 9 heteroatoms. The van der Waals surface area contributed by atoms with Crippen LogP contribution in [-0.4, -0.2) is 59.2 Å². The van der Waals surface area contributed by atoms with Crippen molar-refractivity contribution in [1.29, 1.82) is 0 Å². The smallest absolute Gasteiger partial charge is 0.303 e. The molecule has 3 heterocycles. The van der Waals surface area contributed by atoms with Gasteiger partial charge in [0.15, 0.2) is 5.78 Å². The number of thiophene rings is 1. The Hall–Kier alpha value is -2.13. The first kappa shape index (κ1) is 25.9. The van der Waals surface area contributed by atoms with E-state index in [1.54, 1.807) is 30.6 Å². The van der Waals surface area contributed by atoms with Gasteiger partial charge in [0.05, 0.1) is 21.9 Å². The SMILES string of the molecule is COc1ccc2ncc(Cl)c(C(=O)CC[C@@H]3CCN(CCSc4cccs4)C[C@@H]3CC(=O)O)c2c1. The summed E-state index contributed by atoms with van der Waals surface area (Å²) in [6, 6.07) is 9.60. The summed E-state index contributed by atoms with van der Waals surface area (Å²) in [6.45, 7) is 2.62. The van der Waals surface area contributed by atoms with Gasteiger partial charge in [0, 0.05) is 48.8 Å². The van der Waals surface area contributed by atoms with Gasteiger partial charge in [-0.1, -0.05) is 17.7 Å². The molecule has 4 rings (SSSR count). The van der Waals surface area contributed by atoms with Crippen molar-refractivity contribution in [3.63, 3.8) is 0 Å². The molecule has 2 atom stereocenters. The summed E-state index contributed by atoms with van der Waals surface area (Å²) in [4.78, 5) is 31.6. The predicted octanol–water partition coefficient (Wildman–Crippen LogP) is 6.13. The number of hydrogen-bond acceptors (Lipinski definition) is 7. The molecule has 0 saturated carbocycles. The van der Waals surface area contributed by atoms with E-state index in [4.69, 9.17) is 16.3 Å². The summed E-state index contributed by atoms with van der Waals surface area (Å²) in [5, 5.41) is 12.6. The second kappa shape index (κ2) is 12.2. The van der Waals surface area contributed by atoms with E-state index in [0.29, 0.717) is 40.1 Å². The molecule has 0 radical (unpaired) electrons. The van der Waals surface area contributed by atoms with Crippen molar-refractivity contribution in [2.45, 2.75) is 29.9 Å². The number of pyridine rings is 1. The van der Waals surface area contributed by atoms with Crippen LogP contribution in [0.25, 0.3) is 10.9 Å². The average Bonchev–Trinajstić information content (AvgIpc) is 3.36. The number of thioether (sulfide) groups is 1. The number of nitrogens with zero attached hydrogens (tertiary/aromatic N) is 2. The Morgan fingerprint density at radius 1 is 1.31 bits per heavy atom. The number of methoxy groups -OCH3 is 1. The minimum absolute atomic E-state index is 0.0329. The van der Waals surface area contributed by atoms with Crippen LogP contribution < -0.4 is 4.74 Å². The van der Waals surface area contributed by atoms with Gasteiger partial charge in [-0.25, -0.2) is 0 Å². The number of carbonyl (C=O) groups excluding carboxylic acids is 1. The third kappa shape index (κ3) is 6.76. The molecule has 0 bridgehead atoms. The van der Waals surface area contributed by atoms with E-state index in [9.17, 15) is 14.7 Å². The second-order valence-electron chi connectivity index (χ2n) is 8.81. The molecule has 2 aromatic heterocycles. The molecule has 1 aliphatic rings. The van der Waals surface area contributed by atoms with E-state index in [1.165, 1.54) is 10.4 Å². The summed E-state index contributed by atoms with van der Waals surface area (Å²) >= 11 is 9.99. The van der Waals surface area contributed by atoms with Crippen LogP contribution in [0.5, 0.6) is 5.75 Å². The molecule has 35 heavy (non-hydrogen) atoms. The lowest BCUT2D eigenvalue weighted by molar-refractivity contribution is -0.139. The van der Waals surface area contributed by atoms with Gasteiger partial charge in [-0.2, -0.15) is 0 Å². The molecule has 3 aromatic rings. The number of piperidine rings is 1. The summed E-state index contributed by atoms with van der Waals surface area (Å²) in [5.74, 6) is 1.03. The van der Waals surface area contributed by atoms with Gasteiger partial charge in [0.1, 0.15) is 5.75 Å². The molecule has 1 saturated heterocycles. The topological polar surface area (TPSA) is 79.7 Å². The number of rotatable bonds is 11. The highest BCUT2D eigenvalue weighted by Gasteiger charge is 2.31. The highest BCUT2D eigenvalue weighted by Crippen LogP contribution is 2.34. The van der Waals surface area contributed by atoms with E-state index in [1.807, 2.05) is 17.8 Å². The van der Waals surface area contributed by atoms with Crippen LogP contribution >= 0.6 is 34.7 Å². The number of halogens is 1. The molecular weight excluding hydrogens is 504 g/mol. The van der Waals surface area contributed by atoms with Crippen molar-refractivity contribution in [2.75, 3.05) is 32.5 Å². The van der Waals surface area contributed by atoms with Crippen LogP contribution in [-0.2, 0) is 4.79 Å². The molecule has 1 fully saturated rings. The number of carboxylic acid groups (broad SMARTS) is 1. The third-order valence-electron chi connectivity index (χ3n) is 6.61. The quantitative estimate of drug-likeness (QED) is 0.235.